The van der Waals surface area contributed by atoms with Crippen LogP contribution in [-0.2, 0) is 11.2 Å². The molecule has 2 fully saturated rings. The molecule has 38 heavy (non-hydrogen) atoms. The van der Waals surface area contributed by atoms with Gasteiger partial charge >= 0.3 is 0 Å². The van der Waals surface area contributed by atoms with E-state index in [0.717, 1.165) is 60.5 Å². The van der Waals surface area contributed by atoms with Crippen LogP contribution in [-0.4, -0.2) is 57.8 Å². The van der Waals surface area contributed by atoms with E-state index in [2.05, 4.69) is 44.4 Å². The quantitative estimate of drug-likeness (QED) is 0.311. The summed E-state index contributed by atoms with van der Waals surface area (Å²) in [4.78, 5) is 21.7. The number of carbonyl (C=O) groups excluding carboxylic acids is 1. The molecule has 6 rings (SSSR count). The van der Waals surface area contributed by atoms with Gasteiger partial charge in [0.15, 0.2) is 5.82 Å². The molecule has 1 aliphatic carbocycles. The van der Waals surface area contributed by atoms with E-state index in [4.69, 9.17) is 16.7 Å². The summed E-state index contributed by atoms with van der Waals surface area (Å²) >= 11 is 5.84. The zero-order valence-electron chi connectivity index (χ0n) is 21.5. The van der Waals surface area contributed by atoms with Gasteiger partial charge in [0.05, 0.1) is 11.2 Å². The molecule has 3 heterocycles. The van der Waals surface area contributed by atoms with Crippen molar-refractivity contribution >= 4 is 39.9 Å². The van der Waals surface area contributed by atoms with Gasteiger partial charge in [-0.25, -0.2) is 9.67 Å². The summed E-state index contributed by atoms with van der Waals surface area (Å²) in [5.74, 6) is 1.03. The van der Waals surface area contributed by atoms with Crippen molar-refractivity contribution in [3.8, 4) is 5.69 Å². The Kier molecular flexibility index (Phi) is 7.29. The van der Waals surface area contributed by atoms with E-state index in [0.29, 0.717) is 18.0 Å². The predicted octanol–water partition coefficient (Wildman–Crippen LogP) is 5.71. The lowest BCUT2D eigenvalue weighted by atomic mass is 10.1. The molecule has 0 unspecified atom stereocenters. The summed E-state index contributed by atoms with van der Waals surface area (Å²) in [6.45, 7) is 4.23. The van der Waals surface area contributed by atoms with Gasteiger partial charge in [-0.05, 0) is 67.3 Å². The molecule has 196 valence electrons. The topological polar surface area (TPSA) is 66.3 Å². The Morgan fingerprint density at radius 2 is 1.71 bits per heavy atom. The molecular formula is C30H33ClN6O. The molecule has 1 saturated carbocycles. The number of anilines is 2. The number of halogens is 1. The van der Waals surface area contributed by atoms with Gasteiger partial charge in [0.25, 0.3) is 0 Å². The van der Waals surface area contributed by atoms with Gasteiger partial charge in [0, 0.05) is 55.9 Å². The van der Waals surface area contributed by atoms with E-state index in [-0.39, 0.29) is 5.91 Å². The summed E-state index contributed by atoms with van der Waals surface area (Å²) in [6.07, 6.45) is 8.18. The zero-order valence-corrected chi connectivity index (χ0v) is 22.3. The number of nitrogens with one attached hydrogen (secondary N) is 1. The van der Waals surface area contributed by atoms with Crippen LogP contribution in [0.4, 0.5) is 11.5 Å². The third-order valence-electron chi connectivity index (χ3n) is 7.85. The van der Waals surface area contributed by atoms with Crippen molar-refractivity contribution in [2.24, 2.45) is 0 Å². The van der Waals surface area contributed by atoms with Gasteiger partial charge in [0.2, 0.25) is 5.91 Å². The molecule has 2 aromatic carbocycles. The molecular weight excluding hydrogens is 496 g/mol. The van der Waals surface area contributed by atoms with Crippen molar-refractivity contribution in [2.75, 3.05) is 36.4 Å². The van der Waals surface area contributed by atoms with E-state index in [1.807, 2.05) is 35.0 Å². The Balaban J connectivity index is 1.13. The highest BCUT2D eigenvalue weighted by atomic mass is 35.5. The number of rotatable bonds is 7. The molecule has 0 radical (unpaired) electrons. The lowest BCUT2D eigenvalue weighted by Gasteiger charge is -2.38. The minimum absolute atomic E-state index is 0.0312. The number of carbonyl (C=O) groups is 1. The largest absolute Gasteiger partial charge is 0.352 e. The molecule has 1 amide bonds. The Hall–Kier alpha value is -3.42. The monoisotopic (exact) mass is 528 g/mol. The number of aromatic nitrogens is 3. The number of piperazine rings is 1. The first kappa shape index (κ1) is 24.9. The molecule has 0 atom stereocenters. The Morgan fingerprint density at radius 1 is 0.947 bits per heavy atom. The molecule has 4 aromatic rings. The van der Waals surface area contributed by atoms with E-state index in [1.54, 1.807) is 12.3 Å². The standard InChI is InChI=1S/C30H33ClN6O/c31-28-15-9-22(21-32-28)10-16-29(38)33-23-11-13-25(14-12-23)37-27-8-4-3-7-26(27)30(34-37)36-19-17-35(18-20-36)24-5-1-2-6-24/h3-4,7-9,11-15,21,24H,1-2,5-6,10,16-20H2,(H,33,38). The highest BCUT2D eigenvalue weighted by molar-refractivity contribution is 6.29. The van der Waals surface area contributed by atoms with Crippen LogP contribution in [0.3, 0.4) is 0 Å². The molecule has 1 N–H and O–H groups in total. The average molecular weight is 529 g/mol. The fourth-order valence-corrected chi connectivity index (χ4v) is 5.88. The first-order chi connectivity index (χ1) is 18.6. The Morgan fingerprint density at radius 3 is 2.45 bits per heavy atom. The number of fused-ring (bicyclic) bond motifs is 1. The normalized spacial score (nSPS) is 16.8. The molecule has 7 nitrogen and oxygen atoms in total. The fourth-order valence-electron chi connectivity index (χ4n) is 5.77. The number of aryl methyl sites for hydroxylation is 1. The Bertz CT molecular complexity index is 1390. The minimum atomic E-state index is -0.0312. The number of amides is 1. The highest BCUT2D eigenvalue weighted by Gasteiger charge is 2.28. The van der Waals surface area contributed by atoms with Gasteiger partial charge in [-0.3, -0.25) is 9.69 Å². The second kappa shape index (κ2) is 11.1. The van der Waals surface area contributed by atoms with Crippen molar-refractivity contribution < 1.29 is 4.79 Å². The van der Waals surface area contributed by atoms with Gasteiger partial charge in [-0.1, -0.05) is 42.6 Å². The van der Waals surface area contributed by atoms with E-state index >= 15 is 0 Å². The fraction of sp³-hybridized carbons (Fsp3) is 0.367. The molecule has 8 heteroatoms. The summed E-state index contributed by atoms with van der Waals surface area (Å²) in [5, 5.41) is 9.72. The SMILES string of the molecule is O=C(CCc1ccc(Cl)nc1)Nc1ccc(-n2nc(N3CCN(C4CCCC4)CC3)c3ccccc32)cc1. The number of benzene rings is 2. The number of hydrogen-bond acceptors (Lipinski definition) is 5. The van der Waals surface area contributed by atoms with Crippen LogP contribution in [0.25, 0.3) is 16.6 Å². The lowest BCUT2D eigenvalue weighted by Crippen LogP contribution is -2.49. The van der Waals surface area contributed by atoms with Crippen LogP contribution in [0.2, 0.25) is 5.15 Å². The second-order valence-corrected chi connectivity index (χ2v) is 10.7. The number of nitrogens with zero attached hydrogens (tertiary/aromatic N) is 5. The third kappa shape index (κ3) is 5.40. The maximum atomic E-state index is 12.5. The predicted molar refractivity (Wildman–Crippen MR) is 153 cm³/mol. The van der Waals surface area contributed by atoms with Crippen LogP contribution < -0.4 is 10.2 Å². The van der Waals surface area contributed by atoms with Gasteiger partial charge in [-0.2, -0.15) is 0 Å². The van der Waals surface area contributed by atoms with Crippen LogP contribution in [0, 0.1) is 0 Å². The zero-order chi connectivity index (χ0) is 25.9. The molecule has 1 saturated heterocycles. The summed E-state index contributed by atoms with van der Waals surface area (Å²) < 4.78 is 2.02. The summed E-state index contributed by atoms with van der Waals surface area (Å²) in [6, 6.07) is 20.8. The molecule has 0 bridgehead atoms. The van der Waals surface area contributed by atoms with Gasteiger partial charge in [0.1, 0.15) is 5.15 Å². The first-order valence-corrected chi connectivity index (χ1v) is 14.0. The maximum absolute atomic E-state index is 12.5. The first-order valence-electron chi connectivity index (χ1n) is 13.6. The summed E-state index contributed by atoms with van der Waals surface area (Å²) in [5.41, 5.74) is 3.82. The number of pyridine rings is 1. The number of hydrogen-bond donors (Lipinski definition) is 1. The second-order valence-electron chi connectivity index (χ2n) is 10.3. The maximum Gasteiger partial charge on any atom is 0.224 e. The van der Waals surface area contributed by atoms with E-state index < -0.39 is 0 Å². The lowest BCUT2D eigenvalue weighted by molar-refractivity contribution is -0.116. The van der Waals surface area contributed by atoms with Crippen LogP contribution in [0.15, 0.2) is 66.9 Å². The molecule has 1 aliphatic heterocycles. The molecule has 2 aromatic heterocycles. The van der Waals surface area contributed by atoms with Crippen molar-refractivity contribution in [1.29, 1.82) is 0 Å². The smallest absolute Gasteiger partial charge is 0.224 e. The van der Waals surface area contributed by atoms with Crippen LogP contribution in [0.5, 0.6) is 0 Å². The van der Waals surface area contributed by atoms with E-state index in [9.17, 15) is 4.79 Å². The summed E-state index contributed by atoms with van der Waals surface area (Å²) in [7, 11) is 0. The van der Waals surface area contributed by atoms with Gasteiger partial charge < -0.3 is 10.2 Å². The third-order valence-corrected chi connectivity index (χ3v) is 8.07. The highest BCUT2D eigenvalue weighted by Crippen LogP contribution is 2.31. The Labute approximate surface area is 228 Å². The minimum Gasteiger partial charge on any atom is -0.352 e. The molecule has 0 spiro atoms. The van der Waals surface area contributed by atoms with Crippen molar-refractivity contribution in [3.05, 3.63) is 77.6 Å². The van der Waals surface area contributed by atoms with Crippen molar-refractivity contribution in [2.45, 2.75) is 44.6 Å². The number of para-hydroxylation sites is 1. The average Bonchev–Trinajstić information content (AvgIpc) is 3.62. The molecule has 2 aliphatic rings. The van der Waals surface area contributed by atoms with Crippen molar-refractivity contribution in [1.82, 2.24) is 19.7 Å². The van der Waals surface area contributed by atoms with Crippen LogP contribution >= 0.6 is 11.6 Å². The van der Waals surface area contributed by atoms with E-state index in [1.165, 1.54) is 31.1 Å². The van der Waals surface area contributed by atoms with Crippen molar-refractivity contribution in [3.63, 3.8) is 0 Å². The van der Waals surface area contributed by atoms with Crippen LogP contribution in [0.1, 0.15) is 37.7 Å². The van der Waals surface area contributed by atoms with Gasteiger partial charge in [-0.15, -0.1) is 5.10 Å².